The van der Waals surface area contributed by atoms with Crippen LogP contribution in [0.1, 0.15) is 36.5 Å². The first kappa shape index (κ1) is 20.0. The molecular formula is C19H27NO6. The fourth-order valence-corrected chi connectivity index (χ4v) is 2.90. The second-order valence-corrected chi connectivity index (χ2v) is 6.35. The zero-order valence-corrected chi connectivity index (χ0v) is 15.4. The number of carbonyl (C=O) groups excluding carboxylic acids is 1. The number of hydrogen-bond acceptors (Lipinski definition) is 5. The van der Waals surface area contributed by atoms with Crippen molar-refractivity contribution in [2.75, 3.05) is 40.0 Å². The Morgan fingerprint density at radius 3 is 2.62 bits per heavy atom. The van der Waals surface area contributed by atoms with Crippen LogP contribution in [0.5, 0.6) is 11.5 Å². The van der Waals surface area contributed by atoms with Crippen LogP contribution in [0.4, 0.5) is 0 Å². The Balaban J connectivity index is 1.99. The lowest BCUT2D eigenvalue weighted by Gasteiger charge is -2.25. The van der Waals surface area contributed by atoms with Crippen LogP contribution in [0.15, 0.2) is 18.2 Å². The summed E-state index contributed by atoms with van der Waals surface area (Å²) < 4.78 is 16.1. The molecular weight excluding hydrogens is 338 g/mol. The molecule has 0 bridgehead atoms. The number of nitrogens with zero attached hydrogens (tertiary/aromatic N) is 1. The van der Waals surface area contributed by atoms with Gasteiger partial charge in [0, 0.05) is 32.4 Å². The minimum Gasteiger partial charge on any atom is -0.490 e. The van der Waals surface area contributed by atoms with Crippen LogP contribution in [0.2, 0.25) is 0 Å². The summed E-state index contributed by atoms with van der Waals surface area (Å²) in [4.78, 5) is 25.0. The molecule has 0 unspecified atom stereocenters. The largest absolute Gasteiger partial charge is 0.490 e. The van der Waals surface area contributed by atoms with Crippen molar-refractivity contribution in [3.8, 4) is 11.5 Å². The Morgan fingerprint density at radius 2 is 1.96 bits per heavy atom. The number of carboxylic acids is 1. The van der Waals surface area contributed by atoms with Crippen LogP contribution in [0.25, 0.3) is 0 Å². The van der Waals surface area contributed by atoms with Gasteiger partial charge < -0.3 is 24.2 Å². The Labute approximate surface area is 153 Å². The normalized spacial score (nSPS) is 14.7. The van der Waals surface area contributed by atoms with Crippen molar-refractivity contribution >= 4 is 11.9 Å². The average Bonchev–Trinajstić information content (AvgIpc) is 2.65. The second kappa shape index (κ2) is 10.0. The predicted octanol–water partition coefficient (Wildman–Crippen LogP) is 2.44. The van der Waals surface area contributed by atoms with Crippen molar-refractivity contribution in [1.29, 1.82) is 0 Å². The van der Waals surface area contributed by atoms with Crippen molar-refractivity contribution < 1.29 is 28.9 Å². The van der Waals surface area contributed by atoms with E-state index < -0.39 is 12.6 Å². The van der Waals surface area contributed by atoms with Gasteiger partial charge in [-0.2, -0.15) is 0 Å². The van der Waals surface area contributed by atoms with E-state index >= 15 is 0 Å². The van der Waals surface area contributed by atoms with Gasteiger partial charge in [0.2, 0.25) is 0 Å². The van der Waals surface area contributed by atoms with Gasteiger partial charge in [0.15, 0.2) is 18.1 Å². The molecule has 1 aromatic carbocycles. The van der Waals surface area contributed by atoms with E-state index in [0.717, 1.165) is 32.5 Å². The van der Waals surface area contributed by atoms with Gasteiger partial charge in [-0.15, -0.1) is 0 Å². The lowest BCUT2D eigenvalue weighted by molar-refractivity contribution is -0.139. The predicted molar refractivity (Wildman–Crippen MR) is 95.9 cm³/mol. The van der Waals surface area contributed by atoms with Gasteiger partial charge in [-0.1, -0.05) is 0 Å². The molecule has 0 saturated carbocycles. The van der Waals surface area contributed by atoms with Crippen molar-refractivity contribution in [2.45, 2.75) is 26.2 Å². The van der Waals surface area contributed by atoms with Crippen molar-refractivity contribution in [3.05, 3.63) is 23.8 Å². The van der Waals surface area contributed by atoms with Gasteiger partial charge in [0.05, 0.1) is 6.61 Å². The number of benzene rings is 1. The highest BCUT2D eigenvalue weighted by molar-refractivity contribution is 5.94. The molecule has 1 saturated heterocycles. The highest BCUT2D eigenvalue weighted by atomic mass is 16.5. The maximum atomic E-state index is 12.7. The van der Waals surface area contributed by atoms with Crippen molar-refractivity contribution in [3.63, 3.8) is 0 Å². The maximum absolute atomic E-state index is 12.7. The molecule has 0 aliphatic carbocycles. The van der Waals surface area contributed by atoms with E-state index in [9.17, 15) is 9.59 Å². The summed E-state index contributed by atoms with van der Waals surface area (Å²) in [5, 5.41) is 8.74. The summed E-state index contributed by atoms with van der Waals surface area (Å²) in [6.45, 7) is 4.04. The molecule has 144 valence electrons. The lowest BCUT2D eigenvalue weighted by atomic mass is 9.96. The SMILES string of the molecule is CCOc1cc(C(=O)N(C)CCC2CCOCC2)ccc1OCC(=O)O. The van der Waals surface area contributed by atoms with Crippen LogP contribution in [-0.2, 0) is 9.53 Å². The summed E-state index contributed by atoms with van der Waals surface area (Å²) in [7, 11) is 1.79. The van der Waals surface area contributed by atoms with Crippen LogP contribution in [-0.4, -0.2) is 61.9 Å². The number of aliphatic carboxylic acids is 1. The Morgan fingerprint density at radius 1 is 1.23 bits per heavy atom. The number of carboxylic acid groups (broad SMARTS) is 1. The van der Waals surface area contributed by atoms with Crippen LogP contribution in [0.3, 0.4) is 0 Å². The molecule has 7 nitrogen and oxygen atoms in total. The lowest BCUT2D eigenvalue weighted by Crippen LogP contribution is -2.30. The summed E-state index contributed by atoms with van der Waals surface area (Å²) in [6, 6.07) is 4.81. The highest BCUT2D eigenvalue weighted by Gasteiger charge is 2.18. The second-order valence-electron chi connectivity index (χ2n) is 6.35. The van der Waals surface area contributed by atoms with Gasteiger partial charge in [0.1, 0.15) is 0 Å². The van der Waals surface area contributed by atoms with Gasteiger partial charge in [-0.25, -0.2) is 4.79 Å². The van der Waals surface area contributed by atoms with Crippen molar-refractivity contribution in [2.24, 2.45) is 5.92 Å². The van der Waals surface area contributed by atoms with Crippen LogP contribution < -0.4 is 9.47 Å². The minimum atomic E-state index is -1.07. The molecule has 1 aromatic rings. The average molecular weight is 365 g/mol. The van der Waals surface area contributed by atoms with Crippen molar-refractivity contribution in [1.82, 2.24) is 4.90 Å². The third kappa shape index (κ3) is 5.91. The summed E-state index contributed by atoms with van der Waals surface area (Å²) in [5.74, 6) is 0.126. The molecule has 1 aliphatic rings. The number of rotatable bonds is 9. The molecule has 1 aliphatic heterocycles. The monoisotopic (exact) mass is 365 g/mol. The fourth-order valence-electron chi connectivity index (χ4n) is 2.90. The van der Waals surface area contributed by atoms with E-state index in [1.165, 1.54) is 0 Å². The zero-order valence-electron chi connectivity index (χ0n) is 15.4. The Hall–Kier alpha value is -2.28. The first-order valence-corrected chi connectivity index (χ1v) is 8.96. The van der Waals surface area contributed by atoms with E-state index in [0.29, 0.717) is 36.1 Å². The molecule has 1 N–H and O–H groups in total. The molecule has 0 radical (unpaired) electrons. The topological polar surface area (TPSA) is 85.3 Å². The Kier molecular flexibility index (Phi) is 7.72. The molecule has 1 fully saturated rings. The Bertz CT molecular complexity index is 612. The third-order valence-electron chi connectivity index (χ3n) is 4.40. The maximum Gasteiger partial charge on any atom is 0.341 e. The highest BCUT2D eigenvalue weighted by Crippen LogP contribution is 2.29. The third-order valence-corrected chi connectivity index (χ3v) is 4.40. The smallest absolute Gasteiger partial charge is 0.341 e. The minimum absolute atomic E-state index is 0.0946. The van der Waals surface area contributed by atoms with Crippen LogP contribution >= 0.6 is 0 Å². The molecule has 2 rings (SSSR count). The number of carbonyl (C=O) groups is 2. The summed E-state index contributed by atoms with van der Waals surface area (Å²) in [6.07, 6.45) is 3.06. The summed E-state index contributed by atoms with van der Waals surface area (Å²) >= 11 is 0. The molecule has 7 heteroatoms. The van der Waals surface area contributed by atoms with E-state index in [2.05, 4.69) is 0 Å². The van der Waals surface area contributed by atoms with Gasteiger partial charge in [-0.3, -0.25) is 4.79 Å². The first-order valence-electron chi connectivity index (χ1n) is 8.96. The molecule has 0 spiro atoms. The molecule has 0 aromatic heterocycles. The number of amides is 1. The van der Waals surface area contributed by atoms with E-state index in [4.69, 9.17) is 19.3 Å². The first-order chi connectivity index (χ1) is 12.5. The summed E-state index contributed by atoms with van der Waals surface area (Å²) in [5.41, 5.74) is 0.491. The van der Waals surface area contributed by atoms with Gasteiger partial charge in [-0.05, 0) is 50.3 Å². The van der Waals surface area contributed by atoms with E-state index in [1.807, 2.05) is 6.92 Å². The number of hydrogen-bond donors (Lipinski definition) is 1. The zero-order chi connectivity index (χ0) is 18.9. The fraction of sp³-hybridized carbons (Fsp3) is 0.579. The van der Waals surface area contributed by atoms with Crippen LogP contribution in [0, 0.1) is 5.92 Å². The van der Waals surface area contributed by atoms with E-state index in [1.54, 1.807) is 30.1 Å². The van der Waals surface area contributed by atoms with Gasteiger partial charge in [0.25, 0.3) is 5.91 Å². The molecule has 0 atom stereocenters. The standard InChI is InChI=1S/C19H27NO6/c1-3-25-17-12-15(4-5-16(17)26-13-18(21)22)19(23)20(2)9-6-14-7-10-24-11-8-14/h4-5,12,14H,3,6-11,13H2,1-2H3,(H,21,22). The van der Waals surface area contributed by atoms with Gasteiger partial charge >= 0.3 is 5.97 Å². The quantitative estimate of drug-likeness (QED) is 0.723. The molecule has 26 heavy (non-hydrogen) atoms. The molecule has 1 heterocycles. The number of ether oxygens (including phenoxy) is 3. The van der Waals surface area contributed by atoms with E-state index in [-0.39, 0.29) is 5.91 Å². The molecule has 1 amide bonds.